The molecule has 0 spiro atoms. The van der Waals surface area contributed by atoms with Crippen LogP contribution in [0, 0.1) is 5.92 Å². The molecule has 1 aromatic rings. The van der Waals surface area contributed by atoms with Crippen LogP contribution in [0.4, 0.5) is 0 Å². The number of ketones is 1. The third-order valence-electron chi connectivity index (χ3n) is 3.31. The predicted octanol–water partition coefficient (Wildman–Crippen LogP) is 1.89. The molecular weight excluding hydrogens is 230 g/mol. The zero-order valence-corrected chi connectivity index (χ0v) is 10.9. The van der Waals surface area contributed by atoms with Gasteiger partial charge < -0.3 is 14.8 Å². The van der Waals surface area contributed by atoms with E-state index in [1.54, 1.807) is 32.4 Å². The zero-order chi connectivity index (χ0) is 13.0. The quantitative estimate of drug-likeness (QED) is 0.809. The van der Waals surface area contributed by atoms with E-state index in [1.165, 1.54) is 0 Å². The van der Waals surface area contributed by atoms with Crippen molar-refractivity contribution in [2.75, 3.05) is 27.3 Å². The summed E-state index contributed by atoms with van der Waals surface area (Å²) in [4.78, 5) is 12.2. The van der Waals surface area contributed by atoms with Crippen molar-refractivity contribution in [3.05, 3.63) is 23.8 Å². The van der Waals surface area contributed by atoms with Crippen molar-refractivity contribution < 1.29 is 14.3 Å². The third kappa shape index (κ3) is 3.01. The molecule has 1 unspecified atom stereocenters. The second-order valence-corrected chi connectivity index (χ2v) is 4.59. The van der Waals surface area contributed by atoms with Crippen molar-refractivity contribution >= 4 is 5.78 Å². The van der Waals surface area contributed by atoms with Crippen molar-refractivity contribution in [1.29, 1.82) is 0 Å². The smallest absolute Gasteiger partial charge is 0.163 e. The van der Waals surface area contributed by atoms with Crippen LogP contribution in [0.3, 0.4) is 0 Å². The Morgan fingerprint density at radius 3 is 2.44 bits per heavy atom. The molecule has 1 N–H and O–H groups in total. The molecule has 0 aliphatic carbocycles. The molecular formula is C14H19NO3. The van der Waals surface area contributed by atoms with Gasteiger partial charge in [0.05, 0.1) is 14.2 Å². The van der Waals surface area contributed by atoms with E-state index in [2.05, 4.69) is 5.32 Å². The summed E-state index contributed by atoms with van der Waals surface area (Å²) in [6.07, 6.45) is 1.66. The Labute approximate surface area is 107 Å². The first kappa shape index (κ1) is 12.9. The molecule has 0 aromatic heterocycles. The maximum absolute atomic E-state index is 12.2. The number of hydrogen-bond acceptors (Lipinski definition) is 4. The van der Waals surface area contributed by atoms with E-state index < -0.39 is 0 Å². The van der Waals surface area contributed by atoms with Crippen LogP contribution in [0.5, 0.6) is 11.5 Å². The molecule has 4 nitrogen and oxygen atoms in total. The monoisotopic (exact) mass is 249 g/mol. The Bertz CT molecular complexity index is 403. The van der Waals surface area contributed by atoms with Crippen molar-refractivity contribution in [2.24, 2.45) is 5.92 Å². The van der Waals surface area contributed by atoms with Gasteiger partial charge in [-0.05, 0) is 37.6 Å². The van der Waals surface area contributed by atoms with Gasteiger partial charge in [-0.15, -0.1) is 0 Å². The summed E-state index contributed by atoms with van der Waals surface area (Å²) in [5, 5.41) is 3.27. The van der Waals surface area contributed by atoms with E-state index in [1.807, 2.05) is 0 Å². The number of hydrogen-bond donors (Lipinski definition) is 1. The number of ether oxygens (including phenoxy) is 2. The van der Waals surface area contributed by atoms with Gasteiger partial charge in [0, 0.05) is 18.1 Å². The van der Waals surface area contributed by atoms with Crippen molar-refractivity contribution in [1.82, 2.24) is 5.32 Å². The van der Waals surface area contributed by atoms with E-state index in [0.29, 0.717) is 29.4 Å². The lowest BCUT2D eigenvalue weighted by molar-refractivity contribution is 0.0964. The number of methoxy groups -OCH3 is 2. The lowest BCUT2D eigenvalue weighted by Crippen LogP contribution is -2.13. The van der Waals surface area contributed by atoms with Gasteiger partial charge in [-0.25, -0.2) is 0 Å². The highest BCUT2D eigenvalue weighted by atomic mass is 16.5. The molecule has 1 heterocycles. The van der Waals surface area contributed by atoms with Crippen LogP contribution >= 0.6 is 0 Å². The van der Waals surface area contributed by atoms with Gasteiger partial charge in [0.15, 0.2) is 5.78 Å². The fourth-order valence-electron chi connectivity index (χ4n) is 2.24. The van der Waals surface area contributed by atoms with Crippen LogP contribution < -0.4 is 14.8 Å². The van der Waals surface area contributed by atoms with Crippen LogP contribution in [0.1, 0.15) is 23.2 Å². The molecule has 18 heavy (non-hydrogen) atoms. The maximum Gasteiger partial charge on any atom is 0.163 e. The number of rotatable bonds is 5. The minimum absolute atomic E-state index is 0.154. The van der Waals surface area contributed by atoms with E-state index in [9.17, 15) is 4.79 Å². The van der Waals surface area contributed by atoms with Gasteiger partial charge in [-0.3, -0.25) is 4.79 Å². The topological polar surface area (TPSA) is 47.6 Å². The lowest BCUT2D eigenvalue weighted by atomic mass is 9.97. The molecule has 1 aliphatic rings. The standard InChI is InChI=1S/C14H19NO3/c1-17-12-6-11(7-13(8-12)18-2)14(16)5-10-3-4-15-9-10/h6-8,10,15H,3-5,9H2,1-2H3. The largest absolute Gasteiger partial charge is 0.497 e. The SMILES string of the molecule is COc1cc(OC)cc(C(=O)CC2CCNC2)c1. The zero-order valence-electron chi connectivity index (χ0n) is 10.9. The number of carbonyl (C=O) groups excluding carboxylic acids is 1. The van der Waals surface area contributed by atoms with Gasteiger partial charge >= 0.3 is 0 Å². The highest BCUT2D eigenvalue weighted by molar-refractivity contribution is 5.97. The Morgan fingerprint density at radius 1 is 1.28 bits per heavy atom. The summed E-state index contributed by atoms with van der Waals surface area (Å²) in [5.74, 6) is 1.92. The average molecular weight is 249 g/mol. The lowest BCUT2D eigenvalue weighted by Gasteiger charge is -2.10. The Morgan fingerprint density at radius 2 is 1.94 bits per heavy atom. The minimum atomic E-state index is 0.154. The fraction of sp³-hybridized carbons (Fsp3) is 0.500. The summed E-state index contributed by atoms with van der Waals surface area (Å²) in [6.45, 7) is 1.95. The van der Waals surface area contributed by atoms with Crippen LogP contribution in [-0.4, -0.2) is 33.1 Å². The van der Waals surface area contributed by atoms with Gasteiger partial charge in [0.2, 0.25) is 0 Å². The molecule has 2 rings (SSSR count). The van der Waals surface area contributed by atoms with E-state index >= 15 is 0 Å². The molecule has 98 valence electrons. The van der Waals surface area contributed by atoms with Crippen molar-refractivity contribution in [3.63, 3.8) is 0 Å². The third-order valence-corrected chi connectivity index (χ3v) is 3.31. The summed E-state index contributed by atoms with van der Waals surface area (Å²) >= 11 is 0. The van der Waals surface area contributed by atoms with Gasteiger partial charge in [-0.2, -0.15) is 0 Å². The number of nitrogens with one attached hydrogen (secondary N) is 1. The van der Waals surface area contributed by atoms with Crippen molar-refractivity contribution in [2.45, 2.75) is 12.8 Å². The van der Waals surface area contributed by atoms with Crippen LogP contribution in [0.2, 0.25) is 0 Å². The summed E-state index contributed by atoms with van der Waals surface area (Å²) in [7, 11) is 3.17. The molecule has 1 saturated heterocycles. The summed E-state index contributed by atoms with van der Waals surface area (Å²) in [5.41, 5.74) is 0.665. The number of carbonyl (C=O) groups is 1. The first-order valence-electron chi connectivity index (χ1n) is 6.20. The normalized spacial score (nSPS) is 18.7. The van der Waals surface area contributed by atoms with Crippen molar-refractivity contribution in [3.8, 4) is 11.5 Å². The van der Waals surface area contributed by atoms with Gasteiger partial charge in [-0.1, -0.05) is 0 Å². The molecule has 0 radical (unpaired) electrons. The average Bonchev–Trinajstić information content (AvgIpc) is 2.90. The molecule has 1 aliphatic heterocycles. The molecule has 0 amide bonds. The Kier molecular flexibility index (Phi) is 4.20. The first-order valence-corrected chi connectivity index (χ1v) is 6.20. The van der Waals surface area contributed by atoms with Gasteiger partial charge in [0.1, 0.15) is 11.5 Å². The maximum atomic E-state index is 12.2. The highest BCUT2D eigenvalue weighted by Crippen LogP contribution is 2.25. The highest BCUT2D eigenvalue weighted by Gasteiger charge is 2.19. The molecule has 4 heteroatoms. The van der Waals surface area contributed by atoms with Crippen LogP contribution in [0.25, 0.3) is 0 Å². The molecule has 1 atom stereocenters. The molecule has 1 aromatic carbocycles. The molecule has 0 saturated carbocycles. The molecule has 0 bridgehead atoms. The Hall–Kier alpha value is -1.55. The Balaban J connectivity index is 2.12. The second kappa shape index (κ2) is 5.87. The summed E-state index contributed by atoms with van der Waals surface area (Å²) in [6, 6.07) is 5.31. The minimum Gasteiger partial charge on any atom is -0.497 e. The fourth-order valence-corrected chi connectivity index (χ4v) is 2.24. The van der Waals surface area contributed by atoms with Gasteiger partial charge in [0.25, 0.3) is 0 Å². The predicted molar refractivity (Wildman–Crippen MR) is 69.5 cm³/mol. The van der Waals surface area contributed by atoms with E-state index in [-0.39, 0.29) is 5.78 Å². The molecule has 1 fully saturated rings. The van der Waals surface area contributed by atoms with E-state index in [0.717, 1.165) is 19.5 Å². The summed E-state index contributed by atoms with van der Waals surface area (Å²) < 4.78 is 10.3. The van der Waals surface area contributed by atoms with Crippen LogP contribution in [0.15, 0.2) is 18.2 Å². The van der Waals surface area contributed by atoms with E-state index in [4.69, 9.17) is 9.47 Å². The number of benzene rings is 1. The first-order chi connectivity index (χ1) is 8.72. The van der Waals surface area contributed by atoms with Crippen LogP contribution in [-0.2, 0) is 0 Å². The number of Topliss-reactive ketones (excluding diaryl/α,β-unsaturated/α-hetero) is 1. The second-order valence-electron chi connectivity index (χ2n) is 4.59.